The van der Waals surface area contributed by atoms with Crippen molar-refractivity contribution in [3.05, 3.63) is 40.4 Å². The molecule has 1 unspecified atom stereocenters. The number of anilines is 2. The maximum atomic E-state index is 6.27. The van der Waals surface area contributed by atoms with Crippen molar-refractivity contribution in [2.24, 2.45) is 5.73 Å². The van der Waals surface area contributed by atoms with Crippen LogP contribution in [-0.2, 0) is 0 Å². The second-order valence-electron chi connectivity index (χ2n) is 5.26. The molecule has 1 aromatic carbocycles. The Kier molecular flexibility index (Phi) is 4.33. The van der Waals surface area contributed by atoms with Gasteiger partial charge >= 0.3 is 0 Å². The Hall–Kier alpha value is -1.30. The van der Waals surface area contributed by atoms with E-state index < -0.39 is 0 Å². The van der Waals surface area contributed by atoms with Crippen LogP contribution in [0.5, 0.6) is 0 Å². The molecule has 21 heavy (non-hydrogen) atoms. The predicted octanol–water partition coefficient (Wildman–Crippen LogP) is 3.14. The average molecular weight is 323 g/mol. The van der Waals surface area contributed by atoms with Crippen molar-refractivity contribution >= 4 is 33.8 Å². The van der Waals surface area contributed by atoms with Gasteiger partial charge in [-0.1, -0.05) is 23.7 Å². The summed E-state index contributed by atoms with van der Waals surface area (Å²) in [7, 11) is 0. The number of aromatic nitrogens is 1. The van der Waals surface area contributed by atoms with Crippen LogP contribution in [0.15, 0.2) is 30.5 Å². The number of hydrogen-bond acceptors (Lipinski definition) is 5. The molecule has 1 fully saturated rings. The summed E-state index contributed by atoms with van der Waals surface area (Å²) in [5.74, 6) is 0. The molecule has 1 saturated heterocycles. The Balaban J connectivity index is 1.66. The second-order valence-corrected chi connectivity index (χ2v) is 6.71. The Morgan fingerprint density at radius 1 is 1.19 bits per heavy atom. The Labute approximate surface area is 134 Å². The first kappa shape index (κ1) is 14.6. The van der Waals surface area contributed by atoms with Crippen molar-refractivity contribution in [1.29, 1.82) is 0 Å². The van der Waals surface area contributed by atoms with E-state index in [-0.39, 0.29) is 6.04 Å². The largest absolute Gasteiger partial charge is 0.367 e. The topological polar surface area (TPSA) is 45.4 Å². The van der Waals surface area contributed by atoms with Gasteiger partial charge in [0.2, 0.25) is 0 Å². The number of rotatable bonds is 3. The summed E-state index contributed by atoms with van der Waals surface area (Å²) in [6.45, 7) is 5.81. The lowest BCUT2D eigenvalue weighted by atomic mass is 10.2. The highest BCUT2D eigenvalue weighted by Gasteiger charge is 2.21. The van der Waals surface area contributed by atoms with Gasteiger partial charge in [-0.25, -0.2) is 4.98 Å². The zero-order valence-corrected chi connectivity index (χ0v) is 13.6. The standard InChI is InChI=1S/C15H19ClN4S/c1-11(17)14-10-18-15(21-14)20-8-6-19(7-9-20)13-5-3-2-4-12(13)16/h2-5,10-11H,6-9,17H2,1H3. The number of para-hydroxylation sites is 1. The van der Waals surface area contributed by atoms with Gasteiger partial charge in [0, 0.05) is 43.3 Å². The van der Waals surface area contributed by atoms with E-state index in [1.807, 2.05) is 31.3 Å². The minimum absolute atomic E-state index is 0.0562. The SMILES string of the molecule is CC(N)c1cnc(N2CCN(c3ccccc3Cl)CC2)s1. The van der Waals surface area contributed by atoms with Crippen molar-refractivity contribution < 1.29 is 0 Å². The number of nitrogens with two attached hydrogens (primary N) is 1. The molecule has 2 aromatic rings. The van der Waals surface area contributed by atoms with E-state index in [9.17, 15) is 0 Å². The highest BCUT2D eigenvalue weighted by atomic mass is 35.5. The van der Waals surface area contributed by atoms with Gasteiger partial charge in [0.1, 0.15) is 0 Å². The fraction of sp³-hybridized carbons (Fsp3) is 0.400. The summed E-state index contributed by atoms with van der Waals surface area (Å²) in [5, 5.41) is 1.89. The van der Waals surface area contributed by atoms with E-state index >= 15 is 0 Å². The van der Waals surface area contributed by atoms with Gasteiger partial charge in [0.05, 0.1) is 10.7 Å². The van der Waals surface area contributed by atoms with Crippen LogP contribution in [0.25, 0.3) is 0 Å². The van der Waals surface area contributed by atoms with E-state index in [0.717, 1.165) is 46.9 Å². The molecule has 0 amide bonds. The molecule has 2 heterocycles. The second kappa shape index (κ2) is 6.22. The average Bonchev–Trinajstić information content (AvgIpc) is 2.98. The lowest BCUT2D eigenvalue weighted by Gasteiger charge is -2.36. The molecule has 0 bridgehead atoms. The number of thiazole rings is 1. The first-order valence-corrected chi connectivity index (χ1v) is 8.30. The van der Waals surface area contributed by atoms with Gasteiger partial charge in [-0.2, -0.15) is 0 Å². The number of benzene rings is 1. The fourth-order valence-corrected chi connectivity index (χ4v) is 3.65. The summed E-state index contributed by atoms with van der Waals surface area (Å²) >= 11 is 7.96. The van der Waals surface area contributed by atoms with Crippen molar-refractivity contribution in [1.82, 2.24) is 4.98 Å². The predicted molar refractivity (Wildman–Crippen MR) is 90.6 cm³/mol. The van der Waals surface area contributed by atoms with E-state index in [2.05, 4.69) is 20.9 Å². The molecule has 3 rings (SSSR count). The first-order valence-electron chi connectivity index (χ1n) is 7.11. The summed E-state index contributed by atoms with van der Waals surface area (Å²) in [4.78, 5) is 10.3. The van der Waals surface area contributed by atoms with Crippen molar-refractivity contribution in [3.63, 3.8) is 0 Å². The van der Waals surface area contributed by atoms with Gasteiger partial charge in [-0.05, 0) is 19.1 Å². The lowest BCUT2D eigenvalue weighted by Crippen LogP contribution is -2.46. The highest BCUT2D eigenvalue weighted by molar-refractivity contribution is 7.15. The number of halogens is 1. The van der Waals surface area contributed by atoms with E-state index in [4.69, 9.17) is 17.3 Å². The summed E-state index contributed by atoms with van der Waals surface area (Å²) in [6, 6.07) is 8.08. The van der Waals surface area contributed by atoms with Crippen LogP contribution >= 0.6 is 22.9 Å². The van der Waals surface area contributed by atoms with Crippen molar-refractivity contribution in [2.45, 2.75) is 13.0 Å². The van der Waals surface area contributed by atoms with Crippen LogP contribution < -0.4 is 15.5 Å². The van der Waals surface area contributed by atoms with Gasteiger partial charge in [0.25, 0.3) is 0 Å². The van der Waals surface area contributed by atoms with E-state index in [1.54, 1.807) is 11.3 Å². The fourth-order valence-electron chi connectivity index (χ4n) is 2.48. The molecule has 2 N–H and O–H groups in total. The molecule has 0 saturated carbocycles. The van der Waals surface area contributed by atoms with Crippen molar-refractivity contribution in [3.8, 4) is 0 Å². The molecule has 1 aliphatic heterocycles. The summed E-state index contributed by atoms with van der Waals surface area (Å²) in [6.07, 6.45) is 1.89. The molecule has 1 aliphatic rings. The van der Waals surface area contributed by atoms with E-state index in [1.165, 1.54) is 0 Å². The number of hydrogen-bond donors (Lipinski definition) is 1. The Morgan fingerprint density at radius 2 is 1.86 bits per heavy atom. The van der Waals surface area contributed by atoms with E-state index in [0.29, 0.717) is 0 Å². The normalized spacial score (nSPS) is 17.1. The molecule has 0 aliphatic carbocycles. The zero-order valence-electron chi connectivity index (χ0n) is 12.0. The van der Waals surface area contributed by atoms with Crippen LogP contribution in [0, 0.1) is 0 Å². The quantitative estimate of drug-likeness (QED) is 0.943. The molecular weight excluding hydrogens is 304 g/mol. The van der Waals surface area contributed by atoms with Crippen LogP contribution in [0.2, 0.25) is 5.02 Å². The minimum Gasteiger partial charge on any atom is -0.367 e. The monoisotopic (exact) mass is 322 g/mol. The molecule has 4 nitrogen and oxygen atoms in total. The highest BCUT2D eigenvalue weighted by Crippen LogP contribution is 2.29. The zero-order chi connectivity index (χ0) is 14.8. The number of nitrogens with zero attached hydrogens (tertiary/aromatic N) is 3. The lowest BCUT2D eigenvalue weighted by molar-refractivity contribution is 0.652. The molecular formula is C15H19ClN4S. The minimum atomic E-state index is 0.0562. The van der Waals surface area contributed by atoms with Gasteiger partial charge in [0.15, 0.2) is 5.13 Å². The van der Waals surface area contributed by atoms with Gasteiger partial charge in [-0.15, -0.1) is 11.3 Å². The third-order valence-corrected chi connectivity index (χ3v) is 5.28. The molecule has 112 valence electrons. The maximum absolute atomic E-state index is 6.27. The molecule has 0 spiro atoms. The van der Waals surface area contributed by atoms with Gasteiger partial charge in [-0.3, -0.25) is 0 Å². The Morgan fingerprint density at radius 3 is 2.48 bits per heavy atom. The third kappa shape index (κ3) is 3.15. The summed E-state index contributed by atoms with van der Waals surface area (Å²) in [5.41, 5.74) is 7.02. The van der Waals surface area contributed by atoms with Gasteiger partial charge < -0.3 is 15.5 Å². The maximum Gasteiger partial charge on any atom is 0.185 e. The Bertz CT molecular complexity index is 605. The smallest absolute Gasteiger partial charge is 0.185 e. The van der Waals surface area contributed by atoms with Crippen molar-refractivity contribution in [2.75, 3.05) is 36.0 Å². The summed E-state index contributed by atoms with van der Waals surface area (Å²) < 4.78 is 0. The molecule has 1 atom stereocenters. The third-order valence-electron chi connectivity index (χ3n) is 3.70. The molecule has 6 heteroatoms. The van der Waals surface area contributed by atoms with Crippen LogP contribution in [-0.4, -0.2) is 31.2 Å². The van der Waals surface area contributed by atoms with Crippen LogP contribution in [0.1, 0.15) is 17.8 Å². The molecule has 0 radical (unpaired) electrons. The van der Waals surface area contributed by atoms with Crippen LogP contribution in [0.4, 0.5) is 10.8 Å². The number of piperazine rings is 1. The first-order chi connectivity index (χ1) is 10.1. The van der Waals surface area contributed by atoms with Crippen LogP contribution in [0.3, 0.4) is 0 Å². The molecule has 1 aromatic heterocycles.